The summed E-state index contributed by atoms with van der Waals surface area (Å²) in [6.07, 6.45) is 3.04. The van der Waals surface area contributed by atoms with Crippen LogP contribution in [0.3, 0.4) is 0 Å². The lowest BCUT2D eigenvalue weighted by atomic mass is 10.1. The van der Waals surface area contributed by atoms with Gasteiger partial charge in [0.2, 0.25) is 5.95 Å². The molecule has 0 radical (unpaired) electrons. The maximum Gasteiger partial charge on any atom is 0.229 e. The van der Waals surface area contributed by atoms with Crippen molar-refractivity contribution in [2.75, 3.05) is 56.5 Å². The summed E-state index contributed by atoms with van der Waals surface area (Å²) in [7, 11) is 2.16. The highest BCUT2D eigenvalue weighted by Crippen LogP contribution is 2.30. The Morgan fingerprint density at radius 1 is 1.06 bits per heavy atom. The predicted molar refractivity (Wildman–Crippen MR) is 135 cm³/mol. The second-order valence-corrected chi connectivity index (χ2v) is 9.60. The van der Waals surface area contributed by atoms with Crippen molar-refractivity contribution in [1.82, 2.24) is 29.7 Å². The molecule has 2 saturated heterocycles. The second-order valence-electron chi connectivity index (χ2n) is 9.60. The first-order chi connectivity index (χ1) is 16.9. The van der Waals surface area contributed by atoms with Crippen LogP contribution in [-0.4, -0.2) is 87.3 Å². The number of piperidine rings is 1. The Kier molecular flexibility index (Phi) is 7.03. The van der Waals surface area contributed by atoms with Gasteiger partial charge in [0.25, 0.3) is 0 Å². The summed E-state index contributed by atoms with van der Waals surface area (Å²) in [5.41, 5.74) is 2.40. The Hall–Kier alpha value is -2.95. The van der Waals surface area contributed by atoms with Crippen molar-refractivity contribution in [2.45, 2.75) is 38.6 Å². The molecule has 10 heteroatoms. The SMILES string of the molecule is C[C@@H](O)c1cc2cnc(Nc3ccc(CN4CCN(C)CC4)cn3)nc2c(N2CCC(F)CC2)n1. The van der Waals surface area contributed by atoms with Crippen LogP contribution in [0.15, 0.2) is 30.6 Å². The normalized spacial score (nSPS) is 19.3. The molecule has 3 aromatic rings. The maximum absolute atomic E-state index is 13.7. The van der Waals surface area contributed by atoms with Crippen LogP contribution in [0.5, 0.6) is 0 Å². The molecule has 0 aliphatic carbocycles. The zero-order valence-corrected chi connectivity index (χ0v) is 20.4. The van der Waals surface area contributed by atoms with E-state index in [0.717, 1.165) is 38.1 Å². The number of anilines is 3. The number of nitrogens with zero attached hydrogens (tertiary/aromatic N) is 7. The maximum atomic E-state index is 13.7. The highest BCUT2D eigenvalue weighted by atomic mass is 19.1. The molecule has 9 nitrogen and oxygen atoms in total. The van der Waals surface area contributed by atoms with Gasteiger partial charge in [-0.05, 0) is 44.5 Å². The molecule has 2 aliphatic rings. The van der Waals surface area contributed by atoms with Gasteiger partial charge < -0.3 is 20.2 Å². The first kappa shape index (κ1) is 23.8. The van der Waals surface area contributed by atoms with E-state index in [-0.39, 0.29) is 0 Å². The van der Waals surface area contributed by atoms with Crippen LogP contribution in [0.1, 0.15) is 37.1 Å². The lowest BCUT2D eigenvalue weighted by Crippen LogP contribution is -2.43. The number of piperazine rings is 1. The molecule has 3 aromatic heterocycles. The van der Waals surface area contributed by atoms with Crippen molar-refractivity contribution in [3.05, 3.63) is 41.9 Å². The lowest BCUT2D eigenvalue weighted by molar-refractivity contribution is 0.148. The largest absolute Gasteiger partial charge is 0.387 e. The summed E-state index contributed by atoms with van der Waals surface area (Å²) in [6, 6.07) is 5.83. The van der Waals surface area contributed by atoms with Gasteiger partial charge in [-0.1, -0.05) is 6.07 Å². The van der Waals surface area contributed by atoms with Crippen molar-refractivity contribution >= 4 is 28.5 Å². The molecule has 2 N–H and O–H groups in total. The highest BCUT2D eigenvalue weighted by molar-refractivity contribution is 5.89. The van der Waals surface area contributed by atoms with Crippen molar-refractivity contribution in [2.24, 2.45) is 0 Å². The number of hydrogen-bond donors (Lipinski definition) is 2. The Morgan fingerprint density at radius 2 is 1.83 bits per heavy atom. The van der Waals surface area contributed by atoms with E-state index in [4.69, 9.17) is 4.98 Å². The number of aromatic nitrogens is 4. The molecule has 5 heterocycles. The quantitative estimate of drug-likeness (QED) is 0.552. The standard InChI is InChI=1S/C25H33FN8O/c1-17(35)21-13-19-15-28-25(31-23(19)24(29-21)34-7-5-20(26)6-8-34)30-22-4-3-18(14-27-22)16-33-11-9-32(2)10-12-33/h3-4,13-15,17,20,35H,5-12,16H2,1-2H3,(H,27,28,30,31)/t17-/m1/s1. The van der Waals surface area contributed by atoms with Crippen molar-refractivity contribution in [3.8, 4) is 0 Å². The summed E-state index contributed by atoms with van der Waals surface area (Å²) < 4.78 is 13.7. The molecule has 0 unspecified atom stereocenters. The van der Waals surface area contributed by atoms with Gasteiger partial charge in [-0.2, -0.15) is 0 Å². The van der Waals surface area contributed by atoms with Crippen molar-refractivity contribution in [1.29, 1.82) is 0 Å². The Labute approximate surface area is 205 Å². The van der Waals surface area contributed by atoms with Crippen LogP contribution in [0.4, 0.5) is 22.0 Å². The minimum atomic E-state index is -0.783. The van der Waals surface area contributed by atoms with Crippen LogP contribution in [-0.2, 0) is 6.54 Å². The summed E-state index contributed by atoms with van der Waals surface area (Å²) in [6.45, 7) is 8.02. The van der Waals surface area contributed by atoms with Crippen LogP contribution in [0.2, 0.25) is 0 Å². The van der Waals surface area contributed by atoms with Crippen LogP contribution in [0.25, 0.3) is 10.9 Å². The molecule has 0 saturated carbocycles. The van der Waals surface area contributed by atoms with E-state index in [1.807, 2.05) is 17.2 Å². The Morgan fingerprint density at radius 3 is 2.51 bits per heavy atom. The minimum absolute atomic E-state index is 0.421. The zero-order chi connectivity index (χ0) is 24.4. The average Bonchev–Trinajstić information content (AvgIpc) is 2.86. The fourth-order valence-electron chi connectivity index (χ4n) is 4.57. The van der Waals surface area contributed by atoms with Crippen LogP contribution in [0, 0.1) is 0 Å². The monoisotopic (exact) mass is 480 g/mol. The van der Waals surface area contributed by atoms with Gasteiger partial charge in [0, 0.05) is 63.6 Å². The van der Waals surface area contributed by atoms with E-state index >= 15 is 0 Å². The number of rotatable bonds is 6. The number of alkyl halides is 1. The molecule has 186 valence electrons. The van der Waals surface area contributed by atoms with E-state index < -0.39 is 12.3 Å². The molecule has 0 amide bonds. The van der Waals surface area contributed by atoms with Gasteiger partial charge in [0.05, 0.1) is 11.8 Å². The molecule has 0 aromatic carbocycles. The number of aliphatic hydroxyl groups excluding tert-OH is 1. The van der Waals surface area contributed by atoms with E-state index in [1.54, 1.807) is 19.2 Å². The third kappa shape index (κ3) is 5.66. The number of aliphatic hydroxyl groups is 1. The predicted octanol–water partition coefficient (Wildman–Crippen LogP) is 2.90. The van der Waals surface area contributed by atoms with Gasteiger partial charge in [0.1, 0.15) is 17.5 Å². The van der Waals surface area contributed by atoms with Crippen LogP contribution < -0.4 is 10.2 Å². The lowest BCUT2D eigenvalue weighted by Gasteiger charge is -2.32. The third-order valence-electron chi connectivity index (χ3n) is 6.79. The molecule has 0 bridgehead atoms. The van der Waals surface area contributed by atoms with Crippen LogP contribution >= 0.6 is 0 Å². The Balaban J connectivity index is 1.35. The van der Waals surface area contributed by atoms with Gasteiger partial charge in [0.15, 0.2) is 5.82 Å². The van der Waals surface area contributed by atoms with Gasteiger partial charge in [-0.3, -0.25) is 4.90 Å². The number of hydrogen-bond acceptors (Lipinski definition) is 9. The summed E-state index contributed by atoms with van der Waals surface area (Å²) in [5, 5.41) is 14.1. The third-order valence-corrected chi connectivity index (χ3v) is 6.79. The molecule has 5 rings (SSSR count). The highest BCUT2D eigenvalue weighted by Gasteiger charge is 2.23. The molecular formula is C25H33FN8O. The zero-order valence-electron chi connectivity index (χ0n) is 20.4. The minimum Gasteiger partial charge on any atom is -0.387 e. The summed E-state index contributed by atoms with van der Waals surface area (Å²) >= 11 is 0. The number of nitrogens with one attached hydrogen (secondary N) is 1. The second kappa shape index (κ2) is 10.3. The van der Waals surface area contributed by atoms with E-state index in [2.05, 4.69) is 43.2 Å². The fourth-order valence-corrected chi connectivity index (χ4v) is 4.57. The molecule has 35 heavy (non-hydrogen) atoms. The summed E-state index contributed by atoms with van der Waals surface area (Å²) in [4.78, 5) is 25.3. The molecule has 2 aliphatic heterocycles. The fraction of sp³-hybridized carbons (Fsp3) is 0.520. The smallest absolute Gasteiger partial charge is 0.229 e. The Bertz CT molecular complexity index is 1140. The summed E-state index contributed by atoms with van der Waals surface area (Å²) in [5.74, 6) is 1.75. The van der Waals surface area contributed by atoms with Gasteiger partial charge in [-0.25, -0.2) is 24.3 Å². The first-order valence-corrected chi connectivity index (χ1v) is 12.3. The molecule has 0 spiro atoms. The molecular weight excluding hydrogens is 447 g/mol. The topological polar surface area (TPSA) is 93.5 Å². The van der Waals surface area contributed by atoms with Crippen molar-refractivity contribution in [3.63, 3.8) is 0 Å². The molecule has 2 fully saturated rings. The number of likely N-dealkylation sites (N-methyl/N-ethyl adjacent to an activating group) is 1. The number of fused-ring (bicyclic) bond motifs is 1. The average molecular weight is 481 g/mol. The van der Waals surface area contributed by atoms with E-state index in [0.29, 0.717) is 54.7 Å². The van der Waals surface area contributed by atoms with Crippen molar-refractivity contribution < 1.29 is 9.50 Å². The number of pyridine rings is 2. The molecule has 1 atom stereocenters. The van der Waals surface area contributed by atoms with E-state index in [1.165, 1.54) is 5.56 Å². The number of halogens is 1. The van der Waals surface area contributed by atoms with E-state index in [9.17, 15) is 9.50 Å². The van der Waals surface area contributed by atoms with Gasteiger partial charge >= 0.3 is 0 Å². The van der Waals surface area contributed by atoms with Gasteiger partial charge in [-0.15, -0.1) is 0 Å². The first-order valence-electron chi connectivity index (χ1n) is 12.3.